The number of nitrogens with zero attached hydrogens (tertiary/aromatic N) is 3. The number of carbonyl (C=O) groups excluding carboxylic acids is 1. The molecular weight excluding hydrogens is 200 g/mol. The van der Waals surface area contributed by atoms with Crippen LogP contribution in [0.5, 0.6) is 0 Å². The third-order valence-corrected chi connectivity index (χ3v) is 3.22. The minimum Gasteiger partial charge on any atom is -0.315 e. The number of thioether (sulfide) groups is 1. The van der Waals surface area contributed by atoms with Gasteiger partial charge in [-0.2, -0.15) is 0 Å². The Hall–Kier alpha value is -1.17. The maximum Gasteiger partial charge on any atom is 0.246 e. The SMILES string of the molecule is O=C1NC=NC2=NC(=NC3CC3)SC12. The van der Waals surface area contributed by atoms with Crippen molar-refractivity contribution in [2.75, 3.05) is 0 Å². The van der Waals surface area contributed by atoms with Crippen LogP contribution in [0.1, 0.15) is 12.8 Å². The minimum absolute atomic E-state index is 0.0512. The molecule has 1 fully saturated rings. The van der Waals surface area contributed by atoms with Crippen molar-refractivity contribution >= 4 is 35.0 Å². The molecule has 1 aliphatic carbocycles. The van der Waals surface area contributed by atoms with Crippen LogP contribution in [0.25, 0.3) is 0 Å². The highest BCUT2D eigenvalue weighted by atomic mass is 32.2. The lowest BCUT2D eigenvalue weighted by molar-refractivity contribution is -0.118. The average molecular weight is 208 g/mol. The smallest absolute Gasteiger partial charge is 0.246 e. The maximum atomic E-state index is 11.4. The first kappa shape index (κ1) is 8.16. The van der Waals surface area contributed by atoms with Gasteiger partial charge in [-0.25, -0.2) is 9.98 Å². The molecule has 1 amide bonds. The molecule has 0 radical (unpaired) electrons. The molecule has 3 rings (SSSR count). The van der Waals surface area contributed by atoms with Gasteiger partial charge in [-0.1, -0.05) is 11.8 Å². The van der Waals surface area contributed by atoms with Gasteiger partial charge in [0.25, 0.3) is 0 Å². The standard InChI is InChI=1S/C8H8N4OS/c13-7-5-6(9-3-10-7)12-8(14-5)11-4-1-2-4/h3-5H,1-2H2,(H,9,10,11,12,13). The van der Waals surface area contributed by atoms with Crippen LogP contribution in [0.3, 0.4) is 0 Å². The first-order valence-corrected chi connectivity index (χ1v) is 5.37. The summed E-state index contributed by atoms with van der Waals surface area (Å²) in [4.78, 5) is 24.0. The average Bonchev–Trinajstić information content (AvgIpc) is 2.84. The Kier molecular flexibility index (Phi) is 1.70. The summed E-state index contributed by atoms with van der Waals surface area (Å²) < 4.78 is 0. The third kappa shape index (κ3) is 1.35. The molecule has 2 heterocycles. The predicted molar refractivity (Wildman–Crippen MR) is 55.9 cm³/mol. The van der Waals surface area contributed by atoms with Gasteiger partial charge in [-0.15, -0.1) is 0 Å². The molecule has 1 saturated carbocycles. The number of aliphatic imine (C=N–C) groups is 3. The lowest BCUT2D eigenvalue weighted by Crippen LogP contribution is -2.39. The van der Waals surface area contributed by atoms with Crippen molar-refractivity contribution in [3.63, 3.8) is 0 Å². The van der Waals surface area contributed by atoms with Gasteiger partial charge in [-0.3, -0.25) is 9.79 Å². The third-order valence-electron chi connectivity index (χ3n) is 2.15. The highest BCUT2D eigenvalue weighted by molar-refractivity contribution is 8.16. The highest BCUT2D eigenvalue weighted by Gasteiger charge is 2.35. The summed E-state index contributed by atoms with van der Waals surface area (Å²) in [7, 11) is 0. The van der Waals surface area contributed by atoms with Gasteiger partial charge in [0.15, 0.2) is 16.3 Å². The van der Waals surface area contributed by atoms with Crippen LogP contribution in [0.2, 0.25) is 0 Å². The van der Waals surface area contributed by atoms with E-state index < -0.39 is 0 Å². The van der Waals surface area contributed by atoms with Crippen LogP contribution in [-0.2, 0) is 4.79 Å². The summed E-state index contributed by atoms with van der Waals surface area (Å²) in [5.74, 6) is 0.530. The van der Waals surface area contributed by atoms with Crippen molar-refractivity contribution in [1.82, 2.24) is 5.32 Å². The zero-order chi connectivity index (χ0) is 9.54. The van der Waals surface area contributed by atoms with E-state index in [1.807, 2.05) is 0 Å². The second-order valence-electron chi connectivity index (χ2n) is 3.38. The van der Waals surface area contributed by atoms with Gasteiger partial charge in [0.1, 0.15) is 0 Å². The van der Waals surface area contributed by atoms with Crippen molar-refractivity contribution in [2.24, 2.45) is 15.0 Å². The zero-order valence-corrected chi connectivity index (χ0v) is 8.12. The van der Waals surface area contributed by atoms with E-state index in [2.05, 4.69) is 20.3 Å². The summed E-state index contributed by atoms with van der Waals surface area (Å²) in [5, 5.41) is 2.99. The Morgan fingerprint density at radius 3 is 3.14 bits per heavy atom. The molecule has 6 heteroatoms. The van der Waals surface area contributed by atoms with E-state index in [1.165, 1.54) is 18.1 Å². The number of hydrogen-bond donors (Lipinski definition) is 1. The van der Waals surface area contributed by atoms with Gasteiger partial charge in [-0.05, 0) is 12.8 Å². The van der Waals surface area contributed by atoms with Crippen LogP contribution >= 0.6 is 11.8 Å². The fourth-order valence-corrected chi connectivity index (χ4v) is 2.23. The highest BCUT2D eigenvalue weighted by Crippen LogP contribution is 2.30. The molecule has 3 aliphatic rings. The number of carbonyl (C=O) groups is 1. The lowest BCUT2D eigenvalue weighted by atomic mass is 10.3. The molecule has 0 aromatic carbocycles. The quantitative estimate of drug-likeness (QED) is 0.667. The number of nitrogens with one attached hydrogen (secondary N) is 1. The van der Waals surface area contributed by atoms with Crippen molar-refractivity contribution in [2.45, 2.75) is 24.1 Å². The second kappa shape index (κ2) is 2.91. The minimum atomic E-state index is -0.280. The van der Waals surface area contributed by atoms with E-state index in [0.717, 1.165) is 12.8 Å². The topological polar surface area (TPSA) is 66.2 Å². The summed E-state index contributed by atoms with van der Waals surface area (Å²) in [6.45, 7) is 0. The molecule has 0 aromatic heterocycles. The van der Waals surface area contributed by atoms with E-state index in [4.69, 9.17) is 0 Å². The van der Waals surface area contributed by atoms with E-state index >= 15 is 0 Å². The molecule has 0 bridgehead atoms. The largest absolute Gasteiger partial charge is 0.315 e. The molecule has 5 nitrogen and oxygen atoms in total. The molecule has 14 heavy (non-hydrogen) atoms. The van der Waals surface area contributed by atoms with E-state index in [-0.39, 0.29) is 11.2 Å². The van der Waals surface area contributed by atoms with E-state index in [9.17, 15) is 4.79 Å². The van der Waals surface area contributed by atoms with Crippen molar-refractivity contribution in [3.05, 3.63) is 0 Å². The number of amidine groups is 2. The normalized spacial score (nSPS) is 32.9. The Morgan fingerprint density at radius 1 is 1.57 bits per heavy atom. The number of hydrogen-bond acceptors (Lipinski definition) is 4. The summed E-state index contributed by atoms with van der Waals surface area (Å²) in [6.07, 6.45) is 3.68. The second-order valence-corrected chi connectivity index (χ2v) is 4.45. The molecular formula is C8H8N4OS. The van der Waals surface area contributed by atoms with Gasteiger partial charge >= 0.3 is 0 Å². The number of fused-ring (bicyclic) bond motifs is 1. The van der Waals surface area contributed by atoms with Gasteiger partial charge in [0, 0.05) is 0 Å². The Morgan fingerprint density at radius 2 is 2.43 bits per heavy atom. The molecule has 1 N–H and O–H groups in total. The molecule has 1 atom stereocenters. The van der Waals surface area contributed by atoms with Crippen LogP contribution in [0.4, 0.5) is 0 Å². The van der Waals surface area contributed by atoms with Gasteiger partial charge in [0.05, 0.1) is 12.4 Å². The first-order chi connectivity index (χ1) is 6.83. The Labute approximate surface area is 84.8 Å². The lowest BCUT2D eigenvalue weighted by Gasteiger charge is -2.10. The zero-order valence-electron chi connectivity index (χ0n) is 7.30. The van der Waals surface area contributed by atoms with Crippen molar-refractivity contribution < 1.29 is 4.79 Å². The van der Waals surface area contributed by atoms with Gasteiger partial charge < -0.3 is 5.32 Å². The molecule has 1 unspecified atom stereocenters. The fourth-order valence-electron chi connectivity index (χ4n) is 1.27. The summed E-state index contributed by atoms with van der Waals surface area (Å²) in [6, 6.07) is 0.439. The molecule has 72 valence electrons. The Bertz CT molecular complexity index is 383. The first-order valence-electron chi connectivity index (χ1n) is 4.49. The van der Waals surface area contributed by atoms with E-state index in [0.29, 0.717) is 17.0 Å². The van der Waals surface area contributed by atoms with Crippen LogP contribution < -0.4 is 5.32 Å². The molecule has 0 saturated heterocycles. The van der Waals surface area contributed by atoms with Gasteiger partial charge in [0.2, 0.25) is 5.91 Å². The molecule has 0 spiro atoms. The van der Waals surface area contributed by atoms with Crippen LogP contribution in [-0.4, -0.2) is 34.5 Å². The predicted octanol–water partition coefficient (Wildman–Crippen LogP) is 0.177. The summed E-state index contributed by atoms with van der Waals surface area (Å²) in [5.41, 5.74) is 0. The molecule has 2 aliphatic heterocycles. The Balaban J connectivity index is 1.87. The fraction of sp³-hybridized carbons (Fsp3) is 0.500. The van der Waals surface area contributed by atoms with Crippen molar-refractivity contribution in [3.8, 4) is 0 Å². The van der Waals surface area contributed by atoms with E-state index in [1.54, 1.807) is 0 Å². The number of rotatable bonds is 1. The van der Waals surface area contributed by atoms with Crippen LogP contribution in [0.15, 0.2) is 15.0 Å². The summed E-state index contributed by atoms with van der Waals surface area (Å²) >= 11 is 1.39. The van der Waals surface area contributed by atoms with Crippen LogP contribution in [0, 0.1) is 0 Å². The molecule has 0 aromatic rings. The number of amides is 1. The maximum absolute atomic E-state index is 11.4. The van der Waals surface area contributed by atoms with Crippen molar-refractivity contribution in [1.29, 1.82) is 0 Å². The monoisotopic (exact) mass is 208 g/mol.